The van der Waals surface area contributed by atoms with E-state index >= 15 is 0 Å². The summed E-state index contributed by atoms with van der Waals surface area (Å²) in [5.74, 6) is 0.597. The van der Waals surface area contributed by atoms with Gasteiger partial charge in [-0.1, -0.05) is 34.8 Å². The molecule has 7 heteroatoms. The van der Waals surface area contributed by atoms with Crippen molar-refractivity contribution in [2.24, 2.45) is 0 Å². The summed E-state index contributed by atoms with van der Waals surface area (Å²) in [4.78, 5) is 13.3. The van der Waals surface area contributed by atoms with E-state index < -0.39 is 0 Å². The Morgan fingerprint density at radius 2 is 1.70 bits per heavy atom. The monoisotopic (exact) mass is 389 g/mol. The molecule has 0 saturated heterocycles. The maximum Gasteiger partial charge on any atom is 0.237 e. The molecule has 0 aromatic heterocycles. The van der Waals surface area contributed by atoms with Gasteiger partial charge in [0.05, 0.1) is 33.1 Å². The minimum absolute atomic E-state index is 0.175. The van der Waals surface area contributed by atoms with Crippen LogP contribution in [0.2, 0.25) is 15.1 Å². The van der Waals surface area contributed by atoms with E-state index in [-0.39, 0.29) is 11.2 Å². The third-order valence-electron chi connectivity index (χ3n) is 3.01. The molecule has 0 aliphatic rings. The number of hydrogen-bond donors (Lipinski definition) is 1. The lowest BCUT2D eigenvalue weighted by molar-refractivity contribution is -0.115. The summed E-state index contributed by atoms with van der Waals surface area (Å²) in [7, 11) is 1.61. The highest BCUT2D eigenvalue weighted by Gasteiger charge is 2.16. The number of benzene rings is 2. The average Bonchev–Trinajstić information content (AvgIpc) is 2.53. The van der Waals surface area contributed by atoms with E-state index in [0.29, 0.717) is 20.8 Å². The zero-order valence-corrected chi connectivity index (χ0v) is 15.5. The molecule has 2 rings (SSSR count). The second-order valence-corrected chi connectivity index (χ2v) is 7.31. The largest absolute Gasteiger partial charge is 0.497 e. The van der Waals surface area contributed by atoms with E-state index in [2.05, 4.69) is 5.32 Å². The van der Waals surface area contributed by atoms with E-state index in [1.54, 1.807) is 7.11 Å². The number of rotatable bonds is 5. The van der Waals surface area contributed by atoms with Gasteiger partial charge in [-0.05, 0) is 43.3 Å². The van der Waals surface area contributed by atoms with Crippen molar-refractivity contribution in [2.75, 3.05) is 12.4 Å². The Kier molecular flexibility index (Phi) is 6.48. The quantitative estimate of drug-likeness (QED) is 0.520. The first-order chi connectivity index (χ1) is 10.9. The van der Waals surface area contributed by atoms with Crippen molar-refractivity contribution in [2.45, 2.75) is 17.1 Å². The number of carbonyl (C=O) groups excluding carboxylic acids is 1. The number of thioether (sulfide) groups is 1. The first-order valence-corrected chi connectivity index (χ1v) is 8.68. The van der Waals surface area contributed by atoms with Crippen molar-refractivity contribution in [1.82, 2.24) is 0 Å². The zero-order valence-electron chi connectivity index (χ0n) is 12.4. The molecular weight excluding hydrogens is 377 g/mol. The van der Waals surface area contributed by atoms with Gasteiger partial charge in [0.2, 0.25) is 5.91 Å². The van der Waals surface area contributed by atoms with Gasteiger partial charge in [-0.25, -0.2) is 0 Å². The topological polar surface area (TPSA) is 38.3 Å². The van der Waals surface area contributed by atoms with E-state index in [0.717, 1.165) is 10.6 Å². The average molecular weight is 391 g/mol. The molecule has 1 atom stereocenters. The van der Waals surface area contributed by atoms with Gasteiger partial charge < -0.3 is 10.1 Å². The van der Waals surface area contributed by atoms with Gasteiger partial charge >= 0.3 is 0 Å². The summed E-state index contributed by atoms with van der Waals surface area (Å²) in [6.07, 6.45) is 0. The fraction of sp³-hybridized carbons (Fsp3) is 0.188. The fourth-order valence-electron chi connectivity index (χ4n) is 1.76. The van der Waals surface area contributed by atoms with Crippen LogP contribution in [-0.4, -0.2) is 18.3 Å². The number of anilines is 1. The summed E-state index contributed by atoms with van der Waals surface area (Å²) >= 11 is 19.3. The molecule has 2 aromatic rings. The van der Waals surface area contributed by atoms with Crippen LogP contribution in [0.1, 0.15) is 6.92 Å². The SMILES string of the molecule is COc1ccc(S[C@@H](C)C(=O)Nc2cc(Cl)c(Cl)cc2Cl)cc1. The summed E-state index contributed by atoms with van der Waals surface area (Å²) in [5.41, 5.74) is 0.438. The van der Waals surface area contributed by atoms with Crippen molar-refractivity contribution >= 4 is 58.2 Å². The van der Waals surface area contributed by atoms with Crippen LogP contribution >= 0.6 is 46.6 Å². The number of nitrogens with one attached hydrogen (secondary N) is 1. The maximum atomic E-state index is 12.3. The van der Waals surface area contributed by atoms with Crippen LogP contribution < -0.4 is 10.1 Å². The minimum atomic E-state index is -0.311. The molecule has 0 radical (unpaired) electrons. The number of ether oxygens (including phenoxy) is 1. The minimum Gasteiger partial charge on any atom is -0.497 e. The summed E-state index contributed by atoms with van der Waals surface area (Å²) in [6, 6.07) is 10.5. The Morgan fingerprint density at radius 3 is 2.30 bits per heavy atom. The molecule has 0 bridgehead atoms. The molecule has 0 spiro atoms. The summed E-state index contributed by atoms with van der Waals surface area (Å²) < 4.78 is 5.11. The van der Waals surface area contributed by atoms with E-state index in [1.807, 2.05) is 31.2 Å². The van der Waals surface area contributed by atoms with Gasteiger partial charge in [0, 0.05) is 4.90 Å². The molecule has 0 unspecified atom stereocenters. The van der Waals surface area contributed by atoms with Gasteiger partial charge in [0.1, 0.15) is 5.75 Å². The third kappa shape index (κ3) is 4.95. The lowest BCUT2D eigenvalue weighted by Crippen LogP contribution is -2.22. The Hall–Kier alpha value is -1.07. The second-order valence-electron chi connectivity index (χ2n) is 4.67. The first kappa shape index (κ1) is 18.3. The highest BCUT2D eigenvalue weighted by Crippen LogP contribution is 2.33. The lowest BCUT2D eigenvalue weighted by atomic mass is 10.3. The molecule has 0 fully saturated rings. The number of amides is 1. The highest BCUT2D eigenvalue weighted by molar-refractivity contribution is 8.00. The molecule has 2 aromatic carbocycles. The van der Waals surface area contributed by atoms with Crippen LogP contribution in [0.4, 0.5) is 5.69 Å². The normalized spacial score (nSPS) is 11.9. The third-order valence-corrected chi connectivity index (χ3v) is 5.16. The van der Waals surface area contributed by atoms with Crippen molar-refractivity contribution in [3.63, 3.8) is 0 Å². The molecule has 0 saturated carbocycles. The Bertz CT molecular complexity index is 707. The number of methoxy groups -OCH3 is 1. The molecule has 0 heterocycles. The predicted molar refractivity (Wildman–Crippen MR) is 98.4 cm³/mol. The Balaban J connectivity index is 2.03. The Morgan fingerprint density at radius 1 is 1.09 bits per heavy atom. The smallest absolute Gasteiger partial charge is 0.237 e. The molecule has 1 N–H and O–H groups in total. The summed E-state index contributed by atoms with van der Waals surface area (Å²) in [6.45, 7) is 1.82. The second kappa shape index (κ2) is 8.15. The Labute approximate surface area is 154 Å². The van der Waals surface area contributed by atoms with Crippen molar-refractivity contribution in [3.05, 3.63) is 51.5 Å². The van der Waals surface area contributed by atoms with Crippen molar-refractivity contribution < 1.29 is 9.53 Å². The van der Waals surface area contributed by atoms with Crippen LogP contribution in [0.25, 0.3) is 0 Å². The van der Waals surface area contributed by atoms with Gasteiger partial charge in [-0.2, -0.15) is 0 Å². The van der Waals surface area contributed by atoms with Crippen LogP contribution in [0.15, 0.2) is 41.3 Å². The molecule has 0 aliphatic heterocycles. The van der Waals surface area contributed by atoms with E-state index in [4.69, 9.17) is 39.5 Å². The van der Waals surface area contributed by atoms with Crippen LogP contribution in [0.3, 0.4) is 0 Å². The van der Waals surface area contributed by atoms with Gasteiger partial charge in [-0.15, -0.1) is 11.8 Å². The molecule has 1 amide bonds. The number of hydrogen-bond acceptors (Lipinski definition) is 3. The van der Waals surface area contributed by atoms with Gasteiger partial charge in [-0.3, -0.25) is 4.79 Å². The number of halogens is 3. The number of carbonyl (C=O) groups is 1. The molecule has 3 nitrogen and oxygen atoms in total. The molecule has 122 valence electrons. The van der Waals surface area contributed by atoms with Crippen LogP contribution in [-0.2, 0) is 4.79 Å². The molecule has 23 heavy (non-hydrogen) atoms. The van der Waals surface area contributed by atoms with Crippen molar-refractivity contribution in [3.8, 4) is 5.75 Å². The molecule has 0 aliphatic carbocycles. The lowest BCUT2D eigenvalue weighted by Gasteiger charge is -2.14. The summed E-state index contributed by atoms with van der Waals surface area (Å²) in [5, 5.41) is 3.47. The molecular formula is C16H14Cl3NO2S. The standard InChI is InChI=1S/C16H14Cl3NO2S/c1-9(23-11-5-3-10(22-2)4-6-11)16(21)20-15-8-13(18)12(17)7-14(15)19/h3-9H,1-2H3,(H,20,21)/t9-/m0/s1. The first-order valence-electron chi connectivity index (χ1n) is 6.67. The van der Waals surface area contributed by atoms with Gasteiger partial charge in [0.25, 0.3) is 0 Å². The van der Waals surface area contributed by atoms with E-state index in [1.165, 1.54) is 23.9 Å². The fourth-order valence-corrected chi connectivity index (χ4v) is 3.23. The van der Waals surface area contributed by atoms with Crippen LogP contribution in [0, 0.1) is 0 Å². The van der Waals surface area contributed by atoms with Crippen molar-refractivity contribution in [1.29, 1.82) is 0 Å². The highest BCUT2D eigenvalue weighted by atomic mass is 35.5. The predicted octanol–water partition coefficient (Wildman–Crippen LogP) is 5.77. The van der Waals surface area contributed by atoms with E-state index in [9.17, 15) is 4.79 Å². The zero-order chi connectivity index (χ0) is 17.0. The van der Waals surface area contributed by atoms with Crippen LogP contribution in [0.5, 0.6) is 5.75 Å². The van der Waals surface area contributed by atoms with Gasteiger partial charge in [0.15, 0.2) is 0 Å². The maximum absolute atomic E-state index is 12.3.